The Labute approximate surface area is 123 Å². The molecule has 4 nitrogen and oxygen atoms in total. The Balaban J connectivity index is 2.09. The van der Waals surface area contributed by atoms with Crippen LogP contribution in [0.4, 0.5) is 0 Å². The van der Waals surface area contributed by atoms with Gasteiger partial charge in [0.2, 0.25) is 0 Å². The number of nitrogens with one attached hydrogen (secondary N) is 1. The molecular weight excluding hydrogens is 274 g/mol. The minimum atomic E-state index is -0.862. The van der Waals surface area contributed by atoms with Crippen molar-refractivity contribution in [1.82, 2.24) is 5.32 Å². The van der Waals surface area contributed by atoms with Crippen LogP contribution in [-0.2, 0) is 27.8 Å². The Morgan fingerprint density at radius 2 is 2.15 bits per heavy atom. The zero-order chi connectivity index (χ0) is 14.4. The molecule has 2 rings (SSSR count). The number of ether oxygens (including phenoxy) is 2. The van der Waals surface area contributed by atoms with E-state index in [2.05, 4.69) is 11.4 Å². The zero-order valence-electron chi connectivity index (χ0n) is 12.2. The highest BCUT2D eigenvalue weighted by Crippen LogP contribution is 2.24. The molecule has 0 spiro atoms. The predicted molar refractivity (Wildman–Crippen MR) is 81.4 cm³/mol. The van der Waals surface area contributed by atoms with Gasteiger partial charge in [-0.05, 0) is 37.6 Å². The summed E-state index contributed by atoms with van der Waals surface area (Å²) in [7, 11) is 2.72. The summed E-state index contributed by atoms with van der Waals surface area (Å²) in [6.45, 7) is 2.27. The van der Waals surface area contributed by atoms with Crippen LogP contribution < -0.4 is 10.1 Å². The molecule has 1 heterocycles. The molecule has 5 heteroatoms. The summed E-state index contributed by atoms with van der Waals surface area (Å²) in [5.41, 5.74) is 2.22. The molecule has 1 aliphatic heterocycles. The molecule has 1 saturated heterocycles. The van der Waals surface area contributed by atoms with Gasteiger partial charge in [-0.1, -0.05) is 6.07 Å². The van der Waals surface area contributed by atoms with Gasteiger partial charge in [0.05, 0.1) is 12.9 Å². The second-order valence-corrected chi connectivity index (χ2v) is 6.73. The van der Waals surface area contributed by atoms with Crippen molar-refractivity contribution in [1.29, 1.82) is 0 Å². The van der Waals surface area contributed by atoms with Gasteiger partial charge in [-0.15, -0.1) is 0 Å². The lowest BCUT2D eigenvalue weighted by atomic mass is 10.1. The van der Waals surface area contributed by atoms with E-state index in [1.165, 1.54) is 5.56 Å². The number of hydrogen-bond acceptors (Lipinski definition) is 4. The molecule has 1 aromatic carbocycles. The van der Waals surface area contributed by atoms with Crippen LogP contribution in [0.15, 0.2) is 18.2 Å². The summed E-state index contributed by atoms with van der Waals surface area (Å²) in [5, 5.41) is 3.38. The van der Waals surface area contributed by atoms with Crippen LogP contribution in [-0.4, -0.2) is 36.8 Å². The van der Waals surface area contributed by atoms with Crippen molar-refractivity contribution in [3.05, 3.63) is 29.3 Å². The van der Waals surface area contributed by atoms with Crippen LogP contribution in [0.2, 0.25) is 0 Å². The molecule has 0 amide bonds. The predicted octanol–water partition coefficient (Wildman–Crippen LogP) is 1.84. The quantitative estimate of drug-likeness (QED) is 0.870. The molecule has 1 unspecified atom stereocenters. The Morgan fingerprint density at radius 1 is 1.40 bits per heavy atom. The maximum Gasteiger partial charge on any atom is 0.123 e. The average molecular weight is 297 g/mol. The molecule has 0 saturated carbocycles. The smallest absolute Gasteiger partial charge is 0.123 e. The van der Waals surface area contributed by atoms with Crippen LogP contribution >= 0.6 is 0 Å². The number of benzene rings is 1. The lowest BCUT2D eigenvalue weighted by Crippen LogP contribution is -2.25. The standard InChI is InChI=1S/C15H23NO3S/c1-16-10-12-3-4-15(18-2)13(9-12)11-20(17)14-5-7-19-8-6-14/h3-4,9,14,16H,5-8,10-11H2,1-2H3. The first kappa shape index (κ1) is 15.5. The minimum absolute atomic E-state index is 0.251. The van der Waals surface area contributed by atoms with Crippen molar-refractivity contribution in [2.75, 3.05) is 27.4 Å². The van der Waals surface area contributed by atoms with E-state index in [1.807, 2.05) is 19.2 Å². The third-order valence-corrected chi connectivity index (χ3v) is 5.37. The zero-order valence-corrected chi connectivity index (χ0v) is 13.0. The van der Waals surface area contributed by atoms with Crippen molar-refractivity contribution >= 4 is 10.8 Å². The van der Waals surface area contributed by atoms with Gasteiger partial charge < -0.3 is 14.8 Å². The molecule has 0 bridgehead atoms. The van der Waals surface area contributed by atoms with Gasteiger partial charge in [0.25, 0.3) is 0 Å². The lowest BCUT2D eigenvalue weighted by Gasteiger charge is -2.22. The molecular formula is C15H23NO3S. The normalized spacial score (nSPS) is 17.9. The Hall–Kier alpha value is -0.910. The van der Waals surface area contributed by atoms with E-state index in [0.29, 0.717) is 5.75 Å². The SMILES string of the molecule is CNCc1ccc(OC)c(CS(=O)C2CCOCC2)c1. The van der Waals surface area contributed by atoms with Crippen LogP contribution in [0.5, 0.6) is 5.75 Å². The Bertz CT molecular complexity index is 458. The van der Waals surface area contributed by atoms with E-state index in [-0.39, 0.29) is 5.25 Å². The third-order valence-electron chi connectivity index (χ3n) is 3.56. The molecule has 1 fully saturated rings. The maximum atomic E-state index is 12.5. The van der Waals surface area contributed by atoms with Crippen molar-refractivity contribution < 1.29 is 13.7 Å². The second kappa shape index (κ2) is 7.76. The van der Waals surface area contributed by atoms with Crippen molar-refractivity contribution in [3.8, 4) is 5.75 Å². The summed E-state index contributed by atoms with van der Waals surface area (Å²) >= 11 is 0. The molecule has 0 aromatic heterocycles. The fourth-order valence-electron chi connectivity index (χ4n) is 2.47. The first-order valence-electron chi connectivity index (χ1n) is 7.00. The Kier molecular flexibility index (Phi) is 6.01. The molecule has 112 valence electrons. The summed E-state index contributed by atoms with van der Waals surface area (Å²) in [5.74, 6) is 1.39. The topological polar surface area (TPSA) is 47.6 Å². The summed E-state index contributed by atoms with van der Waals surface area (Å²) in [6, 6.07) is 6.09. The molecule has 1 atom stereocenters. The molecule has 1 aromatic rings. The van der Waals surface area contributed by atoms with Gasteiger partial charge in [0.1, 0.15) is 5.75 Å². The fraction of sp³-hybridized carbons (Fsp3) is 0.600. The molecule has 0 aliphatic carbocycles. The minimum Gasteiger partial charge on any atom is -0.496 e. The average Bonchev–Trinajstić information content (AvgIpc) is 2.49. The largest absolute Gasteiger partial charge is 0.496 e. The highest BCUT2D eigenvalue weighted by Gasteiger charge is 2.21. The first-order valence-corrected chi connectivity index (χ1v) is 8.38. The highest BCUT2D eigenvalue weighted by atomic mass is 32.2. The summed E-state index contributed by atoms with van der Waals surface area (Å²) < 4.78 is 23.2. The Morgan fingerprint density at radius 3 is 2.80 bits per heavy atom. The van der Waals surface area contributed by atoms with Crippen molar-refractivity contribution in [2.24, 2.45) is 0 Å². The summed E-state index contributed by atoms with van der Waals surface area (Å²) in [6.07, 6.45) is 1.79. The molecule has 1 aliphatic rings. The van der Waals surface area contributed by atoms with E-state index in [9.17, 15) is 4.21 Å². The van der Waals surface area contributed by atoms with E-state index < -0.39 is 10.8 Å². The van der Waals surface area contributed by atoms with Crippen LogP contribution in [0.3, 0.4) is 0 Å². The van der Waals surface area contributed by atoms with E-state index >= 15 is 0 Å². The highest BCUT2D eigenvalue weighted by molar-refractivity contribution is 7.84. The van der Waals surface area contributed by atoms with Crippen LogP contribution in [0.1, 0.15) is 24.0 Å². The van der Waals surface area contributed by atoms with Gasteiger partial charge in [-0.25, -0.2) is 0 Å². The molecule has 20 heavy (non-hydrogen) atoms. The van der Waals surface area contributed by atoms with Crippen molar-refractivity contribution in [2.45, 2.75) is 30.4 Å². The summed E-state index contributed by atoms with van der Waals surface area (Å²) in [4.78, 5) is 0. The third kappa shape index (κ3) is 4.04. The van der Waals surface area contributed by atoms with Crippen LogP contribution in [0.25, 0.3) is 0 Å². The molecule has 0 radical (unpaired) electrons. The fourth-order valence-corrected chi connectivity index (χ4v) is 3.95. The lowest BCUT2D eigenvalue weighted by molar-refractivity contribution is 0.0992. The number of rotatable bonds is 6. The first-order chi connectivity index (χ1) is 9.74. The van der Waals surface area contributed by atoms with Gasteiger partial charge in [-0.3, -0.25) is 4.21 Å². The van der Waals surface area contributed by atoms with E-state index in [1.54, 1.807) is 7.11 Å². The van der Waals surface area contributed by atoms with Gasteiger partial charge in [-0.2, -0.15) is 0 Å². The number of methoxy groups -OCH3 is 1. The second-order valence-electron chi connectivity index (χ2n) is 5.01. The van der Waals surface area contributed by atoms with E-state index in [4.69, 9.17) is 9.47 Å². The maximum absolute atomic E-state index is 12.5. The van der Waals surface area contributed by atoms with Gasteiger partial charge >= 0.3 is 0 Å². The monoisotopic (exact) mass is 297 g/mol. The van der Waals surface area contributed by atoms with Gasteiger partial charge in [0.15, 0.2) is 0 Å². The van der Waals surface area contributed by atoms with Gasteiger partial charge in [0, 0.05) is 41.4 Å². The van der Waals surface area contributed by atoms with Crippen LogP contribution in [0, 0.1) is 0 Å². The number of hydrogen-bond donors (Lipinski definition) is 1. The molecule has 1 N–H and O–H groups in total. The van der Waals surface area contributed by atoms with E-state index in [0.717, 1.165) is 43.9 Å². The van der Waals surface area contributed by atoms with Crippen molar-refractivity contribution in [3.63, 3.8) is 0 Å².